The first-order valence-corrected chi connectivity index (χ1v) is 5.17. The summed E-state index contributed by atoms with van der Waals surface area (Å²) >= 11 is 0. The van der Waals surface area contributed by atoms with Crippen molar-refractivity contribution in [3.63, 3.8) is 0 Å². The topological polar surface area (TPSA) is 0 Å². The van der Waals surface area contributed by atoms with Crippen molar-refractivity contribution >= 4 is 0 Å². The Morgan fingerprint density at radius 2 is 2.20 bits per heavy atom. The number of hydrogen-bond acceptors (Lipinski definition) is 0. The van der Waals surface area contributed by atoms with Crippen LogP contribution in [0.4, 0.5) is 4.39 Å². The SMILES string of the molecule is C=CC1(F)C#Cc2ccccc2CCC1. The van der Waals surface area contributed by atoms with Crippen LogP contribution in [-0.2, 0) is 6.42 Å². The number of benzene rings is 1. The van der Waals surface area contributed by atoms with Crippen molar-refractivity contribution in [3.8, 4) is 11.8 Å². The van der Waals surface area contributed by atoms with Crippen LogP contribution in [0, 0.1) is 11.8 Å². The van der Waals surface area contributed by atoms with Gasteiger partial charge in [0.1, 0.15) is 0 Å². The largest absolute Gasteiger partial charge is 0.225 e. The number of halogens is 1. The van der Waals surface area contributed by atoms with Crippen LogP contribution in [0.2, 0.25) is 0 Å². The molecule has 0 saturated carbocycles. The average Bonchev–Trinajstić information content (AvgIpc) is 2.25. The van der Waals surface area contributed by atoms with Gasteiger partial charge in [-0.2, -0.15) is 0 Å². The number of alkyl halides is 1. The minimum atomic E-state index is -1.51. The van der Waals surface area contributed by atoms with E-state index in [9.17, 15) is 4.39 Å². The molecule has 0 bridgehead atoms. The quantitative estimate of drug-likeness (QED) is 0.482. The summed E-state index contributed by atoms with van der Waals surface area (Å²) < 4.78 is 13.9. The van der Waals surface area contributed by atoms with Crippen LogP contribution in [0.25, 0.3) is 0 Å². The van der Waals surface area contributed by atoms with E-state index in [1.165, 1.54) is 11.6 Å². The maximum atomic E-state index is 13.9. The van der Waals surface area contributed by atoms with Gasteiger partial charge in [0.15, 0.2) is 5.67 Å². The van der Waals surface area contributed by atoms with Crippen molar-refractivity contribution in [2.45, 2.75) is 24.9 Å². The Bertz CT molecular complexity index is 436. The summed E-state index contributed by atoms with van der Waals surface area (Å²) in [6, 6.07) is 7.93. The second-order valence-electron chi connectivity index (χ2n) is 3.83. The molecule has 1 atom stereocenters. The van der Waals surface area contributed by atoms with Crippen molar-refractivity contribution in [1.29, 1.82) is 0 Å². The van der Waals surface area contributed by atoms with Crippen LogP contribution >= 0.6 is 0 Å². The lowest BCUT2D eigenvalue weighted by Gasteiger charge is -2.16. The third-order valence-electron chi connectivity index (χ3n) is 2.73. The van der Waals surface area contributed by atoms with E-state index < -0.39 is 5.67 Å². The number of allylic oxidation sites excluding steroid dienone is 1. The molecule has 1 aliphatic rings. The smallest absolute Gasteiger partial charge is 0.189 e. The third kappa shape index (κ3) is 2.10. The van der Waals surface area contributed by atoms with E-state index in [1.54, 1.807) is 0 Å². The first-order valence-electron chi connectivity index (χ1n) is 5.17. The molecule has 0 aromatic heterocycles. The molecule has 0 heterocycles. The molecule has 2 rings (SSSR count). The van der Waals surface area contributed by atoms with Gasteiger partial charge in [-0.1, -0.05) is 36.6 Å². The fraction of sp³-hybridized carbons (Fsp3) is 0.286. The maximum Gasteiger partial charge on any atom is 0.189 e. The van der Waals surface area contributed by atoms with Crippen LogP contribution in [0.1, 0.15) is 24.0 Å². The summed E-state index contributed by atoms with van der Waals surface area (Å²) in [4.78, 5) is 0. The van der Waals surface area contributed by atoms with E-state index in [0.29, 0.717) is 6.42 Å². The van der Waals surface area contributed by atoms with Gasteiger partial charge in [0.25, 0.3) is 0 Å². The molecule has 1 heteroatoms. The molecule has 1 unspecified atom stereocenters. The van der Waals surface area contributed by atoms with Gasteiger partial charge in [-0.25, -0.2) is 4.39 Å². The molecule has 0 amide bonds. The Kier molecular flexibility index (Phi) is 2.60. The molecule has 1 aromatic rings. The normalized spacial score (nSPS) is 24.1. The van der Waals surface area contributed by atoms with Crippen LogP contribution in [-0.4, -0.2) is 5.67 Å². The van der Waals surface area contributed by atoms with Gasteiger partial charge < -0.3 is 0 Å². The highest BCUT2D eigenvalue weighted by Crippen LogP contribution is 2.23. The Labute approximate surface area is 89.8 Å². The minimum Gasteiger partial charge on any atom is -0.225 e. The first-order chi connectivity index (χ1) is 7.23. The Morgan fingerprint density at radius 3 is 3.00 bits per heavy atom. The van der Waals surface area contributed by atoms with E-state index in [0.717, 1.165) is 18.4 Å². The molecular formula is C14H13F. The summed E-state index contributed by atoms with van der Waals surface area (Å²) in [5.41, 5.74) is 0.658. The average molecular weight is 200 g/mol. The van der Waals surface area contributed by atoms with E-state index in [1.807, 2.05) is 18.2 Å². The predicted molar refractivity (Wildman–Crippen MR) is 60.3 cm³/mol. The fourth-order valence-electron chi connectivity index (χ4n) is 1.78. The summed E-state index contributed by atoms with van der Waals surface area (Å²) in [6.45, 7) is 3.51. The summed E-state index contributed by atoms with van der Waals surface area (Å²) in [5, 5.41) is 0. The lowest BCUT2D eigenvalue weighted by molar-refractivity contribution is 0.286. The van der Waals surface area contributed by atoms with Crippen molar-refractivity contribution in [2.24, 2.45) is 0 Å². The summed E-state index contributed by atoms with van der Waals surface area (Å²) in [6.07, 6.45) is 3.46. The van der Waals surface area contributed by atoms with Gasteiger partial charge in [-0.05, 0) is 37.0 Å². The van der Waals surface area contributed by atoms with E-state index in [-0.39, 0.29) is 0 Å². The fourth-order valence-corrected chi connectivity index (χ4v) is 1.78. The highest BCUT2D eigenvalue weighted by molar-refractivity contribution is 5.44. The minimum absolute atomic E-state index is 0.442. The standard InChI is InChI=1S/C14H13F/c1-2-14(15)10-5-8-12-6-3-4-7-13(12)9-11-14/h2-4,6-7H,1,5,8,10H2. The molecule has 0 N–H and O–H groups in total. The lowest BCUT2D eigenvalue weighted by Crippen LogP contribution is -2.18. The van der Waals surface area contributed by atoms with Crippen molar-refractivity contribution in [3.05, 3.63) is 48.0 Å². The van der Waals surface area contributed by atoms with E-state index in [4.69, 9.17) is 0 Å². The predicted octanol–water partition coefficient (Wildman–Crippen LogP) is 3.27. The summed E-state index contributed by atoms with van der Waals surface area (Å²) in [5.74, 6) is 5.58. The zero-order valence-corrected chi connectivity index (χ0v) is 8.59. The Hall–Kier alpha value is -1.55. The van der Waals surface area contributed by atoms with Gasteiger partial charge in [0.2, 0.25) is 0 Å². The lowest BCUT2D eigenvalue weighted by atomic mass is 9.92. The second kappa shape index (κ2) is 3.90. The van der Waals surface area contributed by atoms with Crippen LogP contribution in [0.5, 0.6) is 0 Å². The molecule has 15 heavy (non-hydrogen) atoms. The van der Waals surface area contributed by atoms with Crippen molar-refractivity contribution in [1.82, 2.24) is 0 Å². The highest BCUT2D eigenvalue weighted by atomic mass is 19.1. The van der Waals surface area contributed by atoms with Crippen molar-refractivity contribution in [2.75, 3.05) is 0 Å². The molecule has 0 nitrogen and oxygen atoms in total. The van der Waals surface area contributed by atoms with E-state index >= 15 is 0 Å². The van der Waals surface area contributed by atoms with Crippen LogP contribution in [0.15, 0.2) is 36.9 Å². The molecule has 76 valence electrons. The molecule has 1 aliphatic carbocycles. The van der Waals surface area contributed by atoms with Crippen LogP contribution < -0.4 is 0 Å². The molecule has 0 radical (unpaired) electrons. The monoisotopic (exact) mass is 200 g/mol. The zero-order valence-electron chi connectivity index (χ0n) is 8.59. The first kappa shape index (κ1) is 9.98. The van der Waals surface area contributed by atoms with Gasteiger partial charge in [0.05, 0.1) is 0 Å². The molecule has 1 aromatic carbocycles. The molecular weight excluding hydrogens is 187 g/mol. The van der Waals surface area contributed by atoms with E-state index in [2.05, 4.69) is 24.5 Å². The number of aryl methyl sites for hydroxylation is 1. The van der Waals surface area contributed by atoms with Gasteiger partial charge in [0, 0.05) is 5.56 Å². The molecule has 0 spiro atoms. The number of hydrogen-bond donors (Lipinski definition) is 0. The maximum absolute atomic E-state index is 13.9. The van der Waals surface area contributed by atoms with Gasteiger partial charge in [-0.15, -0.1) is 0 Å². The zero-order chi connectivity index (χ0) is 10.7. The highest BCUT2D eigenvalue weighted by Gasteiger charge is 2.23. The Balaban J connectivity index is 2.44. The van der Waals surface area contributed by atoms with Crippen LogP contribution in [0.3, 0.4) is 0 Å². The number of fused-ring (bicyclic) bond motifs is 1. The third-order valence-corrected chi connectivity index (χ3v) is 2.73. The molecule has 0 saturated heterocycles. The Morgan fingerprint density at radius 1 is 1.40 bits per heavy atom. The summed E-state index contributed by atoms with van der Waals surface area (Å²) in [7, 11) is 0. The van der Waals surface area contributed by atoms with Gasteiger partial charge >= 0.3 is 0 Å². The number of rotatable bonds is 1. The van der Waals surface area contributed by atoms with Gasteiger partial charge in [-0.3, -0.25) is 0 Å². The molecule has 0 fully saturated rings. The van der Waals surface area contributed by atoms with Crippen molar-refractivity contribution < 1.29 is 4.39 Å². The second-order valence-corrected chi connectivity index (χ2v) is 3.83. The molecule has 0 aliphatic heterocycles.